The molecule has 0 spiro atoms. The maximum absolute atomic E-state index is 12.8. The number of likely N-dealkylation sites (tertiary alicyclic amines) is 1. The molecule has 7 heteroatoms. The first kappa shape index (κ1) is 19.6. The summed E-state index contributed by atoms with van der Waals surface area (Å²) in [6.45, 7) is 0.759. The molecule has 1 N–H and O–H groups in total. The smallest absolute Gasteiger partial charge is 0.250 e. The summed E-state index contributed by atoms with van der Waals surface area (Å²) in [6.07, 6.45) is 1.72. The molecule has 1 heterocycles. The molecule has 1 fully saturated rings. The lowest BCUT2D eigenvalue weighted by molar-refractivity contribution is -0.125. The number of hydrogen-bond acceptors (Lipinski definition) is 4. The Labute approximate surface area is 163 Å². The summed E-state index contributed by atoms with van der Waals surface area (Å²) < 4.78 is 23.5. The van der Waals surface area contributed by atoms with E-state index in [9.17, 15) is 13.2 Å². The van der Waals surface area contributed by atoms with Gasteiger partial charge in [-0.3, -0.25) is 4.79 Å². The Kier molecular flexibility index (Phi) is 5.69. The van der Waals surface area contributed by atoms with Gasteiger partial charge < -0.3 is 10.0 Å². The highest BCUT2D eigenvalue weighted by Gasteiger charge is 2.29. The molecular weight excluding hydrogens is 386 g/mol. The highest BCUT2D eigenvalue weighted by molar-refractivity contribution is 7.90. The number of nitrogens with zero attached hydrogens (tertiary/aromatic N) is 1. The van der Waals surface area contributed by atoms with Crippen LogP contribution < -0.4 is 0 Å². The summed E-state index contributed by atoms with van der Waals surface area (Å²) in [4.78, 5) is 14.7. The Balaban J connectivity index is 2.13. The number of benzene rings is 2. The van der Waals surface area contributed by atoms with E-state index in [1.165, 1.54) is 0 Å². The van der Waals surface area contributed by atoms with Crippen LogP contribution in [-0.4, -0.2) is 50.3 Å². The molecule has 3 rings (SSSR count). The number of β-amino-alcohol motifs (C(OH)–C–C–N with tert-alkyl or cyclic N) is 1. The first-order valence-corrected chi connectivity index (χ1v) is 10.8. The maximum Gasteiger partial charge on any atom is 0.250 e. The first-order chi connectivity index (χ1) is 12.8. The van der Waals surface area contributed by atoms with Crippen LogP contribution in [0, 0.1) is 0 Å². The van der Waals surface area contributed by atoms with E-state index in [0.717, 1.165) is 23.0 Å². The van der Waals surface area contributed by atoms with Crippen molar-refractivity contribution in [3.8, 4) is 0 Å². The normalized spacial score (nSPS) is 16.7. The second kappa shape index (κ2) is 7.84. The number of halogens is 1. The monoisotopic (exact) mass is 405 g/mol. The van der Waals surface area contributed by atoms with Crippen LogP contribution in [-0.2, 0) is 14.6 Å². The fraction of sp³-hybridized carbons (Fsp3) is 0.250. The molecule has 2 aromatic carbocycles. The summed E-state index contributed by atoms with van der Waals surface area (Å²) >= 11 is 6.00. The number of sulfone groups is 1. The van der Waals surface area contributed by atoms with Crippen molar-refractivity contribution < 1.29 is 18.3 Å². The van der Waals surface area contributed by atoms with E-state index < -0.39 is 9.84 Å². The van der Waals surface area contributed by atoms with Crippen molar-refractivity contribution in [2.24, 2.45) is 0 Å². The van der Waals surface area contributed by atoms with Crippen molar-refractivity contribution >= 4 is 32.9 Å². The molecule has 1 saturated heterocycles. The minimum Gasteiger partial charge on any atom is -0.395 e. The molecule has 27 heavy (non-hydrogen) atoms. The zero-order valence-electron chi connectivity index (χ0n) is 14.9. The van der Waals surface area contributed by atoms with Gasteiger partial charge in [0.2, 0.25) is 0 Å². The predicted octanol–water partition coefficient (Wildman–Crippen LogP) is 2.77. The lowest BCUT2D eigenvalue weighted by Crippen LogP contribution is -2.28. The lowest BCUT2D eigenvalue weighted by Gasteiger charge is -2.15. The third kappa shape index (κ3) is 4.24. The number of aliphatic hydroxyl groups excluding tert-OH is 1. The Morgan fingerprint density at radius 2 is 1.63 bits per heavy atom. The van der Waals surface area contributed by atoms with Gasteiger partial charge in [-0.05, 0) is 47.4 Å². The highest BCUT2D eigenvalue weighted by atomic mass is 35.5. The van der Waals surface area contributed by atoms with Crippen LogP contribution in [0.25, 0.3) is 5.57 Å². The maximum atomic E-state index is 12.8. The van der Waals surface area contributed by atoms with Gasteiger partial charge in [0.25, 0.3) is 5.91 Å². The summed E-state index contributed by atoms with van der Waals surface area (Å²) in [5.74, 6) is -0.110. The van der Waals surface area contributed by atoms with Crippen LogP contribution in [0.4, 0.5) is 0 Å². The Morgan fingerprint density at radius 3 is 2.15 bits per heavy atom. The third-order valence-electron chi connectivity index (χ3n) is 4.55. The van der Waals surface area contributed by atoms with Crippen LogP contribution in [0.3, 0.4) is 0 Å². The number of rotatable bonds is 5. The van der Waals surface area contributed by atoms with Crippen molar-refractivity contribution in [1.29, 1.82) is 0 Å². The van der Waals surface area contributed by atoms with E-state index in [1.807, 2.05) is 12.1 Å². The molecule has 2 aromatic rings. The van der Waals surface area contributed by atoms with Gasteiger partial charge >= 0.3 is 0 Å². The number of carbonyl (C=O) groups excluding carboxylic acids is 1. The van der Waals surface area contributed by atoms with E-state index in [2.05, 4.69) is 0 Å². The summed E-state index contributed by atoms with van der Waals surface area (Å²) in [5, 5.41) is 9.75. The van der Waals surface area contributed by atoms with Crippen LogP contribution in [0.15, 0.2) is 59.0 Å². The van der Waals surface area contributed by atoms with E-state index in [4.69, 9.17) is 16.7 Å². The van der Waals surface area contributed by atoms with Crippen molar-refractivity contribution in [1.82, 2.24) is 4.90 Å². The fourth-order valence-electron chi connectivity index (χ4n) is 3.21. The molecule has 0 atom stereocenters. The van der Waals surface area contributed by atoms with Gasteiger partial charge in [-0.1, -0.05) is 35.9 Å². The number of aliphatic hydroxyl groups is 1. The molecule has 5 nitrogen and oxygen atoms in total. The second-order valence-electron chi connectivity index (χ2n) is 6.42. The molecule has 0 saturated carbocycles. The first-order valence-electron chi connectivity index (χ1n) is 8.51. The predicted molar refractivity (Wildman–Crippen MR) is 105 cm³/mol. The van der Waals surface area contributed by atoms with E-state index >= 15 is 0 Å². The number of amides is 1. The molecular formula is C20H20ClNO4S. The van der Waals surface area contributed by atoms with Crippen LogP contribution in [0.2, 0.25) is 5.02 Å². The molecule has 0 bridgehead atoms. The zero-order valence-corrected chi connectivity index (χ0v) is 16.4. The second-order valence-corrected chi connectivity index (χ2v) is 8.87. The largest absolute Gasteiger partial charge is 0.395 e. The topological polar surface area (TPSA) is 74.7 Å². The molecule has 1 amide bonds. The van der Waals surface area contributed by atoms with Crippen molar-refractivity contribution in [2.45, 2.75) is 11.3 Å². The number of hydrogen-bond donors (Lipinski definition) is 1. The van der Waals surface area contributed by atoms with E-state index in [1.54, 1.807) is 41.3 Å². The van der Waals surface area contributed by atoms with Crippen molar-refractivity contribution in [3.05, 3.63) is 70.3 Å². The average molecular weight is 406 g/mol. The van der Waals surface area contributed by atoms with Crippen LogP contribution in [0.1, 0.15) is 17.5 Å². The average Bonchev–Trinajstić information content (AvgIpc) is 2.98. The summed E-state index contributed by atoms with van der Waals surface area (Å²) in [6, 6.07) is 13.7. The molecule has 0 aromatic heterocycles. The Hall–Kier alpha value is -2.15. The van der Waals surface area contributed by atoms with Gasteiger partial charge in [0, 0.05) is 29.9 Å². The van der Waals surface area contributed by atoms with Gasteiger partial charge in [0.15, 0.2) is 9.84 Å². The lowest BCUT2D eigenvalue weighted by atomic mass is 9.92. The Morgan fingerprint density at radius 1 is 1.07 bits per heavy atom. The Bertz CT molecular complexity index is 980. The van der Waals surface area contributed by atoms with Crippen molar-refractivity contribution in [3.63, 3.8) is 0 Å². The number of carbonyl (C=O) groups is 1. The SMILES string of the molecule is CS(=O)(=O)c1ccc(C(=C2CCN(CCO)C2=O)c2ccc(Cl)cc2)cc1. The summed E-state index contributed by atoms with van der Waals surface area (Å²) in [7, 11) is -3.30. The molecule has 142 valence electrons. The standard InChI is InChI=1S/C20H20ClNO4S/c1-27(25,26)17-8-4-15(5-9-17)19(14-2-6-16(21)7-3-14)18-10-11-22(12-13-23)20(18)24/h2-9,23H,10-13H2,1H3. The highest BCUT2D eigenvalue weighted by Crippen LogP contribution is 2.33. The zero-order chi connectivity index (χ0) is 19.6. The van der Waals surface area contributed by atoms with E-state index in [-0.39, 0.29) is 17.4 Å². The van der Waals surface area contributed by atoms with Gasteiger partial charge in [-0.15, -0.1) is 0 Å². The van der Waals surface area contributed by atoms with Gasteiger partial charge in [0.05, 0.1) is 11.5 Å². The minimum absolute atomic E-state index is 0.0850. The van der Waals surface area contributed by atoms with Gasteiger partial charge in [-0.2, -0.15) is 0 Å². The molecule has 0 aliphatic carbocycles. The molecule has 1 aliphatic rings. The quantitative estimate of drug-likeness (QED) is 0.776. The van der Waals surface area contributed by atoms with Crippen LogP contribution >= 0.6 is 11.6 Å². The van der Waals surface area contributed by atoms with Crippen molar-refractivity contribution in [2.75, 3.05) is 26.0 Å². The molecule has 1 aliphatic heterocycles. The van der Waals surface area contributed by atoms with Gasteiger partial charge in [-0.25, -0.2) is 8.42 Å². The molecule has 0 unspecified atom stereocenters. The fourth-order valence-corrected chi connectivity index (χ4v) is 3.97. The van der Waals surface area contributed by atoms with Crippen LogP contribution in [0.5, 0.6) is 0 Å². The third-order valence-corrected chi connectivity index (χ3v) is 5.93. The van der Waals surface area contributed by atoms with E-state index in [0.29, 0.717) is 30.1 Å². The summed E-state index contributed by atoms with van der Waals surface area (Å²) in [5.41, 5.74) is 3.01. The minimum atomic E-state index is -3.30. The van der Waals surface area contributed by atoms with Gasteiger partial charge in [0.1, 0.15) is 0 Å². The molecule has 0 radical (unpaired) electrons.